The molecule has 1 nitrogen and oxygen atoms in total. The maximum atomic E-state index is 5.54. The third kappa shape index (κ3) is 2.71. The van der Waals surface area contributed by atoms with Gasteiger partial charge in [-0.05, 0) is 31.9 Å². The Hall–Kier alpha value is -1.08. The molecule has 0 amide bonds. The number of aryl methyl sites for hydroxylation is 2. The zero-order valence-corrected chi connectivity index (χ0v) is 8.59. The van der Waals surface area contributed by atoms with Gasteiger partial charge in [0.05, 0.1) is 0 Å². The summed E-state index contributed by atoms with van der Waals surface area (Å²) in [6, 6.07) is 6.46. The standard InChI is InChI=1S/C12H17N/c1-9-4-5-11(3)12(6-9)7-10(2)8-13/h4-7H,8,13H2,1-3H3/b10-7+. The fourth-order valence-corrected chi connectivity index (χ4v) is 1.24. The average Bonchev–Trinajstić information content (AvgIpc) is 2.11. The number of hydrogen-bond acceptors (Lipinski definition) is 1. The zero-order chi connectivity index (χ0) is 9.84. The summed E-state index contributed by atoms with van der Waals surface area (Å²) in [5.41, 5.74) is 10.6. The Bertz CT molecular complexity index is 324. The first-order chi connectivity index (χ1) is 6.13. The van der Waals surface area contributed by atoms with Gasteiger partial charge in [0, 0.05) is 6.54 Å². The fraction of sp³-hybridized carbons (Fsp3) is 0.333. The van der Waals surface area contributed by atoms with Crippen LogP contribution in [0.3, 0.4) is 0 Å². The van der Waals surface area contributed by atoms with Crippen LogP contribution >= 0.6 is 0 Å². The molecule has 0 saturated heterocycles. The minimum Gasteiger partial charge on any atom is -0.327 e. The van der Waals surface area contributed by atoms with Crippen LogP contribution in [0.2, 0.25) is 0 Å². The maximum absolute atomic E-state index is 5.54. The molecular weight excluding hydrogens is 158 g/mol. The molecule has 0 heterocycles. The van der Waals surface area contributed by atoms with E-state index in [2.05, 4.69) is 45.0 Å². The van der Waals surface area contributed by atoms with E-state index in [1.807, 2.05) is 0 Å². The summed E-state index contributed by atoms with van der Waals surface area (Å²) in [6.07, 6.45) is 2.16. The predicted octanol–water partition coefficient (Wildman–Crippen LogP) is 2.67. The summed E-state index contributed by atoms with van der Waals surface area (Å²) in [7, 11) is 0. The van der Waals surface area contributed by atoms with Crippen molar-refractivity contribution in [3.63, 3.8) is 0 Å². The zero-order valence-electron chi connectivity index (χ0n) is 8.59. The summed E-state index contributed by atoms with van der Waals surface area (Å²) in [5.74, 6) is 0. The molecule has 1 aromatic rings. The third-order valence-electron chi connectivity index (χ3n) is 2.16. The molecule has 0 unspecified atom stereocenters. The van der Waals surface area contributed by atoms with Gasteiger partial charge in [0.25, 0.3) is 0 Å². The van der Waals surface area contributed by atoms with E-state index in [1.165, 1.54) is 22.3 Å². The highest BCUT2D eigenvalue weighted by atomic mass is 14.5. The van der Waals surface area contributed by atoms with Crippen LogP contribution in [0.4, 0.5) is 0 Å². The maximum Gasteiger partial charge on any atom is 0.0137 e. The smallest absolute Gasteiger partial charge is 0.0137 e. The summed E-state index contributed by atoms with van der Waals surface area (Å²) in [5, 5.41) is 0. The summed E-state index contributed by atoms with van der Waals surface area (Å²) >= 11 is 0. The molecule has 0 spiro atoms. The van der Waals surface area contributed by atoms with E-state index in [0.29, 0.717) is 6.54 Å². The van der Waals surface area contributed by atoms with Crippen molar-refractivity contribution in [2.45, 2.75) is 20.8 Å². The van der Waals surface area contributed by atoms with E-state index in [1.54, 1.807) is 0 Å². The molecule has 2 N–H and O–H groups in total. The van der Waals surface area contributed by atoms with Crippen molar-refractivity contribution in [1.29, 1.82) is 0 Å². The highest BCUT2D eigenvalue weighted by Crippen LogP contribution is 2.13. The van der Waals surface area contributed by atoms with Gasteiger partial charge in [-0.2, -0.15) is 0 Å². The van der Waals surface area contributed by atoms with Gasteiger partial charge < -0.3 is 5.73 Å². The predicted molar refractivity (Wildman–Crippen MR) is 58.6 cm³/mol. The lowest BCUT2D eigenvalue weighted by Crippen LogP contribution is -1.99. The Morgan fingerprint density at radius 3 is 2.69 bits per heavy atom. The lowest BCUT2D eigenvalue weighted by Gasteiger charge is -2.03. The number of hydrogen-bond donors (Lipinski definition) is 1. The van der Waals surface area contributed by atoms with Crippen molar-refractivity contribution in [3.8, 4) is 0 Å². The van der Waals surface area contributed by atoms with E-state index in [0.717, 1.165) is 0 Å². The molecule has 1 aromatic carbocycles. The number of nitrogens with two attached hydrogens (primary N) is 1. The van der Waals surface area contributed by atoms with E-state index in [-0.39, 0.29) is 0 Å². The Kier molecular flexibility index (Phi) is 3.26. The topological polar surface area (TPSA) is 26.0 Å². The number of rotatable bonds is 2. The monoisotopic (exact) mass is 175 g/mol. The van der Waals surface area contributed by atoms with Crippen LogP contribution in [0.1, 0.15) is 23.6 Å². The first-order valence-electron chi connectivity index (χ1n) is 4.58. The van der Waals surface area contributed by atoms with E-state index < -0.39 is 0 Å². The molecule has 0 aliphatic carbocycles. The largest absolute Gasteiger partial charge is 0.327 e. The van der Waals surface area contributed by atoms with Crippen molar-refractivity contribution in [2.24, 2.45) is 5.73 Å². The minimum atomic E-state index is 0.632. The van der Waals surface area contributed by atoms with Gasteiger partial charge in [-0.3, -0.25) is 0 Å². The summed E-state index contributed by atoms with van der Waals surface area (Å²) < 4.78 is 0. The van der Waals surface area contributed by atoms with E-state index in [9.17, 15) is 0 Å². The van der Waals surface area contributed by atoms with E-state index in [4.69, 9.17) is 5.73 Å². The Labute approximate surface area is 80.3 Å². The molecule has 0 saturated carbocycles. The summed E-state index contributed by atoms with van der Waals surface area (Å²) in [6.45, 7) is 6.92. The number of benzene rings is 1. The van der Waals surface area contributed by atoms with Crippen LogP contribution in [0.25, 0.3) is 6.08 Å². The molecule has 1 heteroatoms. The van der Waals surface area contributed by atoms with Gasteiger partial charge in [0.15, 0.2) is 0 Å². The van der Waals surface area contributed by atoms with Crippen molar-refractivity contribution < 1.29 is 0 Å². The molecular formula is C12H17N. The first-order valence-corrected chi connectivity index (χ1v) is 4.58. The van der Waals surface area contributed by atoms with E-state index >= 15 is 0 Å². The van der Waals surface area contributed by atoms with Crippen LogP contribution in [-0.2, 0) is 0 Å². The summed E-state index contributed by atoms with van der Waals surface area (Å²) in [4.78, 5) is 0. The van der Waals surface area contributed by atoms with Crippen LogP contribution < -0.4 is 5.73 Å². The average molecular weight is 175 g/mol. The van der Waals surface area contributed by atoms with Crippen LogP contribution in [0.15, 0.2) is 23.8 Å². The molecule has 0 atom stereocenters. The molecule has 1 rings (SSSR count). The van der Waals surface area contributed by atoms with Gasteiger partial charge in [-0.15, -0.1) is 0 Å². The Morgan fingerprint density at radius 1 is 1.38 bits per heavy atom. The molecule has 0 fully saturated rings. The lowest BCUT2D eigenvalue weighted by atomic mass is 10.0. The van der Waals surface area contributed by atoms with Gasteiger partial charge >= 0.3 is 0 Å². The Morgan fingerprint density at radius 2 is 2.08 bits per heavy atom. The third-order valence-corrected chi connectivity index (χ3v) is 2.16. The fourth-order valence-electron chi connectivity index (χ4n) is 1.24. The molecule has 13 heavy (non-hydrogen) atoms. The van der Waals surface area contributed by atoms with Crippen LogP contribution in [-0.4, -0.2) is 6.54 Å². The Balaban J connectivity index is 3.07. The second-order valence-corrected chi connectivity index (χ2v) is 3.55. The van der Waals surface area contributed by atoms with Crippen LogP contribution in [0.5, 0.6) is 0 Å². The molecule has 0 aliphatic heterocycles. The quantitative estimate of drug-likeness (QED) is 0.734. The molecule has 0 bridgehead atoms. The van der Waals surface area contributed by atoms with Crippen molar-refractivity contribution in [1.82, 2.24) is 0 Å². The SMILES string of the molecule is C/C(=C\c1cc(C)ccc1C)CN. The molecule has 0 aromatic heterocycles. The minimum absolute atomic E-state index is 0.632. The van der Waals surface area contributed by atoms with Crippen molar-refractivity contribution in [2.75, 3.05) is 6.54 Å². The second kappa shape index (κ2) is 4.24. The highest BCUT2D eigenvalue weighted by molar-refractivity contribution is 5.57. The van der Waals surface area contributed by atoms with Gasteiger partial charge in [-0.1, -0.05) is 35.4 Å². The van der Waals surface area contributed by atoms with Gasteiger partial charge in [0.2, 0.25) is 0 Å². The highest BCUT2D eigenvalue weighted by Gasteiger charge is 1.95. The van der Waals surface area contributed by atoms with Gasteiger partial charge in [0.1, 0.15) is 0 Å². The normalized spacial score (nSPS) is 11.8. The van der Waals surface area contributed by atoms with Gasteiger partial charge in [-0.25, -0.2) is 0 Å². The molecule has 70 valence electrons. The lowest BCUT2D eigenvalue weighted by molar-refractivity contribution is 1.15. The molecule has 0 aliphatic rings. The van der Waals surface area contributed by atoms with Crippen molar-refractivity contribution >= 4 is 6.08 Å². The van der Waals surface area contributed by atoms with Crippen LogP contribution in [0, 0.1) is 13.8 Å². The second-order valence-electron chi connectivity index (χ2n) is 3.55. The van der Waals surface area contributed by atoms with Crippen molar-refractivity contribution in [3.05, 3.63) is 40.5 Å². The molecule has 0 radical (unpaired) electrons. The first kappa shape index (κ1) is 10.0.